The lowest BCUT2D eigenvalue weighted by Gasteiger charge is -2.28. The van der Waals surface area contributed by atoms with Gasteiger partial charge in [0.2, 0.25) is 0 Å². The van der Waals surface area contributed by atoms with Crippen molar-refractivity contribution in [3.8, 4) is 55.6 Å². The fourth-order valence-electron chi connectivity index (χ4n) is 9.89. The molecule has 0 aromatic heterocycles. The third-order valence-electron chi connectivity index (χ3n) is 12.1. The van der Waals surface area contributed by atoms with Crippen LogP contribution >= 0.6 is 0 Å². The van der Waals surface area contributed by atoms with Gasteiger partial charge in [0.05, 0.1) is 0 Å². The first kappa shape index (κ1) is 31.1. The van der Waals surface area contributed by atoms with Crippen molar-refractivity contribution in [1.29, 1.82) is 0 Å². The summed E-state index contributed by atoms with van der Waals surface area (Å²) < 4.78 is 0. The van der Waals surface area contributed by atoms with Crippen LogP contribution in [0.2, 0.25) is 0 Å². The highest BCUT2D eigenvalue weighted by atomic mass is 14.3. The Kier molecular flexibility index (Phi) is 6.73. The first-order chi connectivity index (χ1) is 27.8. The second kappa shape index (κ2) is 12.1. The summed E-state index contributed by atoms with van der Waals surface area (Å²) in [6, 6.07) is 76.7. The predicted molar refractivity (Wildman–Crippen MR) is 241 cm³/mol. The Morgan fingerprint density at radius 1 is 0.179 bits per heavy atom. The lowest BCUT2D eigenvalue weighted by molar-refractivity contribution is 1.60. The van der Waals surface area contributed by atoms with Crippen molar-refractivity contribution in [3.05, 3.63) is 206 Å². The Hall–Kier alpha value is -7.28. The molecule has 0 heteroatoms. The normalized spacial score (nSPS) is 11.9. The molecule has 0 N–H and O–H groups in total. The van der Waals surface area contributed by atoms with E-state index in [-0.39, 0.29) is 0 Å². The Morgan fingerprint density at radius 2 is 0.571 bits per heavy atom. The van der Waals surface area contributed by atoms with E-state index in [2.05, 4.69) is 206 Å². The average Bonchev–Trinajstić information content (AvgIpc) is 3.28. The smallest absolute Gasteiger partial charge is 0.000116 e. The van der Waals surface area contributed by atoms with Crippen LogP contribution in [0.1, 0.15) is 0 Å². The zero-order valence-corrected chi connectivity index (χ0v) is 30.6. The minimum atomic E-state index is 1.21. The second-order valence-electron chi connectivity index (χ2n) is 15.1. The third kappa shape index (κ3) is 4.42. The molecular formula is C56H34. The fourth-order valence-corrected chi connectivity index (χ4v) is 9.89. The van der Waals surface area contributed by atoms with Crippen LogP contribution in [0.3, 0.4) is 0 Å². The van der Waals surface area contributed by atoms with Gasteiger partial charge in [0, 0.05) is 0 Å². The monoisotopic (exact) mass is 706 g/mol. The SMILES string of the molecule is c1ccc(-c2c(-c3ccc4ccc5cccc6ccc3c4c56)c3ccc4cccc5c(-c6ccccc6)c(-c6ccccc6)c(c2-c2ccccc2)c3c45)cc1. The lowest BCUT2D eigenvalue weighted by atomic mass is 9.74. The van der Waals surface area contributed by atoms with Crippen LogP contribution in [0, 0.1) is 0 Å². The maximum absolute atomic E-state index is 2.41. The molecule has 0 aliphatic rings. The minimum absolute atomic E-state index is 1.21. The summed E-state index contributed by atoms with van der Waals surface area (Å²) in [5, 5.41) is 15.5. The number of rotatable bonds is 5. The number of hydrogen-bond acceptors (Lipinski definition) is 0. The van der Waals surface area contributed by atoms with E-state index in [0.29, 0.717) is 0 Å². The van der Waals surface area contributed by atoms with Gasteiger partial charge in [-0.25, -0.2) is 0 Å². The standard InChI is InChI=1S/C56H34/c1-5-15-35(16-6-1)49-45-26-14-25-41-31-34-46-54(44-33-30-42-28-27-39-23-13-24-40-29-32-43(44)48(42)47(39)40)52(37-19-9-3-10-20-37)53(38-21-11-4-12-22-38)56(55(46)50(41)45)51(49)36-17-7-2-8-18-36/h1-34H. The molecule has 0 unspecified atom stereocenters. The van der Waals surface area contributed by atoms with Crippen LogP contribution in [-0.2, 0) is 0 Å². The summed E-state index contributed by atoms with van der Waals surface area (Å²) in [6.07, 6.45) is 0. The van der Waals surface area contributed by atoms with E-state index >= 15 is 0 Å². The van der Waals surface area contributed by atoms with Crippen molar-refractivity contribution < 1.29 is 0 Å². The Labute approximate surface area is 325 Å². The molecule has 0 nitrogen and oxygen atoms in total. The quantitative estimate of drug-likeness (QED) is 0.156. The highest BCUT2D eigenvalue weighted by Gasteiger charge is 2.29. The van der Waals surface area contributed by atoms with E-state index in [4.69, 9.17) is 0 Å². The van der Waals surface area contributed by atoms with E-state index < -0.39 is 0 Å². The van der Waals surface area contributed by atoms with Crippen LogP contribution in [0.25, 0.3) is 120 Å². The summed E-state index contributed by atoms with van der Waals surface area (Å²) >= 11 is 0. The van der Waals surface area contributed by atoms with E-state index in [1.807, 2.05) is 0 Å². The maximum Gasteiger partial charge on any atom is -0.000116 e. The number of benzene rings is 12. The van der Waals surface area contributed by atoms with Gasteiger partial charge in [-0.2, -0.15) is 0 Å². The van der Waals surface area contributed by atoms with E-state index in [0.717, 1.165) is 0 Å². The molecule has 0 amide bonds. The fraction of sp³-hybridized carbons (Fsp3) is 0. The summed E-state index contributed by atoms with van der Waals surface area (Å²) in [6.45, 7) is 0. The van der Waals surface area contributed by atoms with E-state index in [9.17, 15) is 0 Å². The number of hydrogen-bond donors (Lipinski definition) is 0. The summed E-state index contributed by atoms with van der Waals surface area (Å²) in [5.41, 5.74) is 12.4. The van der Waals surface area contributed by atoms with E-state index in [1.54, 1.807) is 0 Å². The van der Waals surface area contributed by atoms with Crippen LogP contribution in [0.5, 0.6) is 0 Å². The highest BCUT2D eigenvalue weighted by Crippen LogP contribution is 2.57. The van der Waals surface area contributed by atoms with Crippen LogP contribution in [-0.4, -0.2) is 0 Å². The molecule has 12 aromatic rings. The summed E-state index contributed by atoms with van der Waals surface area (Å²) in [5.74, 6) is 0. The molecule has 258 valence electrons. The molecule has 0 saturated carbocycles. The highest BCUT2D eigenvalue weighted by molar-refractivity contribution is 6.38. The van der Waals surface area contributed by atoms with Gasteiger partial charge in [0.1, 0.15) is 0 Å². The molecule has 0 atom stereocenters. The average molecular weight is 707 g/mol. The Balaban J connectivity index is 1.40. The molecule has 0 aliphatic heterocycles. The summed E-state index contributed by atoms with van der Waals surface area (Å²) in [7, 11) is 0. The second-order valence-corrected chi connectivity index (χ2v) is 15.1. The minimum Gasteiger partial charge on any atom is -0.0622 e. The molecule has 0 radical (unpaired) electrons. The lowest BCUT2D eigenvalue weighted by Crippen LogP contribution is -2.00. The molecule has 56 heavy (non-hydrogen) atoms. The van der Waals surface area contributed by atoms with Crippen molar-refractivity contribution in [2.24, 2.45) is 0 Å². The largest absolute Gasteiger partial charge is 0.0622 e. The Bertz CT molecular complexity index is 3400. The van der Waals surface area contributed by atoms with Crippen molar-refractivity contribution in [2.45, 2.75) is 0 Å². The molecule has 0 saturated heterocycles. The van der Waals surface area contributed by atoms with Crippen LogP contribution < -0.4 is 0 Å². The van der Waals surface area contributed by atoms with Crippen molar-refractivity contribution in [1.82, 2.24) is 0 Å². The Morgan fingerprint density at radius 3 is 1.16 bits per heavy atom. The van der Waals surface area contributed by atoms with Gasteiger partial charge in [-0.05, 0) is 120 Å². The predicted octanol–water partition coefficient (Wildman–Crippen LogP) is 15.8. The molecule has 12 rings (SSSR count). The molecule has 0 heterocycles. The van der Waals surface area contributed by atoms with E-state index in [1.165, 1.54) is 120 Å². The molecular weight excluding hydrogens is 673 g/mol. The van der Waals surface area contributed by atoms with Crippen molar-refractivity contribution in [2.75, 3.05) is 0 Å². The van der Waals surface area contributed by atoms with Crippen molar-refractivity contribution >= 4 is 64.6 Å². The maximum atomic E-state index is 2.41. The molecule has 12 aromatic carbocycles. The first-order valence-electron chi connectivity index (χ1n) is 19.5. The van der Waals surface area contributed by atoms with Gasteiger partial charge < -0.3 is 0 Å². The molecule has 0 bridgehead atoms. The first-order valence-corrected chi connectivity index (χ1v) is 19.5. The van der Waals surface area contributed by atoms with Gasteiger partial charge in [0.15, 0.2) is 0 Å². The zero-order chi connectivity index (χ0) is 36.7. The molecule has 0 spiro atoms. The zero-order valence-electron chi connectivity index (χ0n) is 30.6. The third-order valence-corrected chi connectivity index (χ3v) is 12.1. The summed E-state index contributed by atoms with van der Waals surface area (Å²) in [4.78, 5) is 0. The van der Waals surface area contributed by atoms with Gasteiger partial charge in [-0.1, -0.05) is 206 Å². The van der Waals surface area contributed by atoms with Crippen LogP contribution in [0.15, 0.2) is 206 Å². The van der Waals surface area contributed by atoms with Gasteiger partial charge >= 0.3 is 0 Å². The molecule has 0 aliphatic carbocycles. The molecule has 0 fully saturated rings. The van der Waals surface area contributed by atoms with Gasteiger partial charge in [0.25, 0.3) is 0 Å². The van der Waals surface area contributed by atoms with Crippen LogP contribution in [0.4, 0.5) is 0 Å². The van der Waals surface area contributed by atoms with Crippen molar-refractivity contribution in [3.63, 3.8) is 0 Å². The topological polar surface area (TPSA) is 0 Å². The van der Waals surface area contributed by atoms with Gasteiger partial charge in [-0.15, -0.1) is 0 Å². The van der Waals surface area contributed by atoms with Gasteiger partial charge in [-0.3, -0.25) is 0 Å².